The van der Waals surface area contributed by atoms with E-state index in [9.17, 15) is 0 Å². The number of ether oxygens (including phenoxy) is 1. The maximum absolute atomic E-state index is 5.57. The normalized spacial score (nSPS) is 24.5. The van der Waals surface area contributed by atoms with Crippen molar-refractivity contribution in [3.63, 3.8) is 0 Å². The fourth-order valence-electron chi connectivity index (χ4n) is 5.54. The highest BCUT2D eigenvalue weighted by Gasteiger charge is 2.46. The Hall–Kier alpha value is -1.95. The standard InChI is InChI=1S/C28H28Br2N2O/c1-33-25-5-3-2-4-22(25)18-31-27-21-14-16-32(17-15-21)28(27)26(19-6-10-23(29)11-7-19)20-8-12-24(30)13-9-20/h2-13,18,21,26-28H,14-17H2,1H3. The van der Waals surface area contributed by atoms with Crippen molar-refractivity contribution < 1.29 is 4.74 Å². The van der Waals surface area contributed by atoms with E-state index in [2.05, 4.69) is 91.4 Å². The molecular weight excluding hydrogens is 540 g/mol. The number of benzene rings is 3. The van der Waals surface area contributed by atoms with Crippen LogP contribution in [0.5, 0.6) is 5.75 Å². The second-order valence-electron chi connectivity index (χ2n) is 8.96. The summed E-state index contributed by atoms with van der Waals surface area (Å²) in [5.74, 6) is 1.74. The molecule has 3 nitrogen and oxygen atoms in total. The van der Waals surface area contributed by atoms with Crippen LogP contribution in [0.15, 0.2) is 86.7 Å². The first-order valence-electron chi connectivity index (χ1n) is 11.5. The molecule has 5 heteroatoms. The Balaban J connectivity index is 1.57. The van der Waals surface area contributed by atoms with Crippen LogP contribution in [-0.2, 0) is 0 Å². The number of methoxy groups -OCH3 is 1. The summed E-state index contributed by atoms with van der Waals surface area (Å²) in [7, 11) is 1.72. The van der Waals surface area contributed by atoms with Crippen LogP contribution in [-0.4, -0.2) is 43.4 Å². The third kappa shape index (κ3) is 4.82. The quantitative estimate of drug-likeness (QED) is 0.302. The minimum absolute atomic E-state index is 0.245. The van der Waals surface area contributed by atoms with Crippen LogP contribution in [0.1, 0.15) is 35.4 Å². The molecule has 3 fully saturated rings. The lowest BCUT2D eigenvalue weighted by Crippen LogP contribution is -2.59. The van der Waals surface area contributed by atoms with E-state index in [0.717, 1.165) is 33.3 Å². The van der Waals surface area contributed by atoms with Gasteiger partial charge in [0, 0.05) is 32.7 Å². The lowest BCUT2D eigenvalue weighted by molar-refractivity contribution is 0.0215. The van der Waals surface area contributed by atoms with Gasteiger partial charge < -0.3 is 4.74 Å². The van der Waals surface area contributed by atoms with Crippen molar-refractivity contribution in [2.45, 2.75) is 30.8 Å². The molecule has 3 aliphatic heterocycles. The molecule has 0 aliphatic carbocycles. The number of rotatable bonds is 6. The second kappa shape index (κ2) is 10.1. The molecule has 3 aromatic carbocycles. The van der Waals surface area contributed by atoms with E-state index in [1.807, 2.05) is 24.4 Å². The molecule has 3 aromatic rings. The number of piperidine rings is 3. The number of fused-ring (bicyclic) bond motifs is 3. The SMILES string of the molecule is COc1ccccc1C=NC1C2CCN(CC2)C1C(c1ccc(Br)cc1)c1ccc(Br)cc1. The Morgan fingerprint density at radius 3 is 2.03 bits per heavy atom. The third-order valence-corrected chi connectivity index (χ3v) is 8.21. The van der Waals surface area contributed by atoms with Gasteiger partial charge in [-0.3, -0.25) is 9.89 Å². The van der Waals surface area contributed by atoms with Crippen LogP contribution in [0, 0.1) is 5.92 Å². The van der Waals surface area contributed by atoms with Crippen molar-refractivity contribution in [2.24, 2.45) is 10.9 Å². The van der Waals surface area contributed by atoms with Gasteiger partial charge in [-0.1, -0.05) is 68.3 Å². The largest absolute Gasteiger partial charge is 0.496 e. The number of para-hydroxylation sites is 1. The van der Waals surface area contributed by atoms with E-state index in [4.69, 9.17) is 9.73 Å². The Bertz CT molecular complexity index is 1060. The molecule has 0 saturated carbocycles. The summed E-state index contributed by atoms with van der Waals surface area (Å²) in [6.45, 7) is 2.30. The molecule has 0 N–H and O–H groups in total. The van der Waals surface area contributed by atoms with Gasteiger partial charge in [-0.15, -0.1) is 0 Å². The first-order chi connectivity index (χ1) is 16.1. The van der Waals surface area contributed by atoms with Gasteiger partial charge in [0.2, 0.25) is 0 Å². The highest BCUT2D eigenvalue weighted by atomic mass is 79.9. The van der Waals surface area contributed by atoms with Gasteiger partial charge in [-0.25, -0.2) is 0 Å². The number of nitrogens with zero attached hydrogens (tertiary/aromatic N) is 2. The highest BCUT2D eigenvalue weighted by Crippen LogP contribution is 2.43. The summed E-state index contributed by atoms with van der Waals surface area (Å²) in [4.78, 5) is 7.95. The van der Waals surface area contributed by atoms with Gasteiger partial charge in [0.25, 0.3) is 0 Å². The summed E-state index contributed by atoms with van der Waals surface area (Å²) < 4.78 is 7.79. The van der Waals surface area contributed by atoms with Gasteiger partial charge in [0.05, 0.1) is 13.2 Å². The van der Waals surface area contributed by atoms with Crippen LogP contribution < -0.4 is 4.74 Å². The molecule has 3 saturated heterocycles. The van der Waals surface area contributed by atoms with Crippen LogP contribution in [0.4, 0.5) is 0 Å². The minimum Gasteiger partial charge on any atom is -0.496 e. The first kappa shape index (κ1) is 22.8. The molecule has 3 heterocycles. The zero-order valence-electron chi connectivity index (χ0n) is 18.7. The van der Waals surface area contributed by atoms with Crippen molar-refractivity contribution in [3.8, 4) is 5.75 Å². The van der Waals surface area contributed by atoms with E-state index in [0.29, 0.717) is 12.0 Å². The number of halogens is 2. The fourth-order valence-corrected chi connectivity index (χ4v) is 6.07. The van der Waals surface area contributed by atoms with Crippen LogP contribution >= 0.6 is 31.9 Å². The zero-order chi connectivity index (χ0) is 22.8. The maximum Gasteiger partial charge on any atom is 0.127 e. The summed E-state index contributed by atoms with van der Waals surface area (Å²) in [6.07, 6.45) is 4.48. The Kier molecular flexibility index (Phi) is 7.00. The Labute approximate surface area is 213 Å². The third-order valence-electron chi connectivity index (χ3n) is 7.15. The van der Waals surface area contributed by atoms with Gasteiger partial charge in [0.1, 0.15) is 5.75 Å². The highest BCUT2D eigenvalue weighted by molar-refractivity contribution is 9.10. The molecule has 6 rings (SSSR count). The van der Waals surface area contributed by atoms with E-state index in [-0.39, 0.29) is 12.0 Å². The van der Waals surface area contributed by atoms with Crippen molar-refractivity contribution >= 4 is 38.1 Å². The zero-order valence-corrected chi connectivity index (χ0v) is 21.9. The molecule has 0 amide bonds. The average Bonchev–Trinajstić information content (AvgIpc) is 2.86. The van der Waals surface area contributed by atoms with Gasteiger partial charge >= 0.3 is 0 Å². The molecule has 0 aromatic heterocycles. The number of hydrogen-bond acceptors (Lipinski definition) is 3. The van der Waals surface area contributed by atoms with E-state index in [1.165, 1.54) is 24.0 Å². The van der Waals surface area contributed by atoms with E-state index in [1.54, 1.807) is 7.11 Å². The summed E-state index contributed by atoms with van der Waals surface area (Å²) >= 11 is 7.23. The molecule has 3 aliphatic rings. The van der Waals surface area contributed by atoms with Crippen molar-refractivity contribution in [1.82, 2.24) is 4.90 Å². The molecule has 33 heavy (non-hydrogen) atoms. The predicted molar refractivity (Wildman–Crippen MR) is 143 cm³/mol. The monoisotopic (exact) mass is 566 g/mol. The van der Waals surface area contributed by atoms with Crippen molar-refractivity contribution in [2.75, 3.05) is 20.2 Å². The molecule has 2 unspecified atom stereocenters. The van der Waals surface area contributed by atoms with Crippen LogP contribution in [0.2, 0.25) is 0 Å². The smallest absolute Gasteiger partial charge is 0.127 e. The van der Waals surface area contributed by atoms with Crippen molar-refractivity contribution in [1.29, 1.82) is 0 Å². The van der Waals surface area contributed by atoms with Gasteiger partial charge in [0.15, 0.2) is 0 Å². The number of hydrogen-bond donors (Lipinski definition) is 0. The Morgan fingerprint density at radius 1 is 0.879 bits per heavy atom. The molecular formula is C28H28Br2N2O. The summed E-state index contributed by atoms with van der Waals surface area (Å²) in [6, 6.07) is 26.4. The van der Waals surface area contributed by atoms with Gasteiger partial charge in [-0.2, -0.15) is 0 Å². The summed E-state index contributed by atoms with van der Waals surface area (Å²) in [5, 5.41) is 0. The predicted octanol–water partition coefficient (Wildman–Crippen LogP) is 6.93. The molecule has 0 spiro atoms. The maximum atomic E-state index is 5.57. The molecule has 0 radical (unpaired) electrons. The van der Waals surface area contributed by atoms with Crippen LogP contribution in [0.25, 0.3) is 0 Å². The molecule has 170 valence electrons. The minimum atomic E-state index is 0.245. The van der Waals surface area contributed by atoms with Crippen LogP contribution in [0.3, 0.4) is 0 Å². The second-order valence-corrected chi connectivity index (χ2v) is 10.8. The summed E-state index contributed by atoms with van der Waals surface area (Å²) in [5.41, 5.74) is 3.73. The lowest BCUT2D eigenvalue weighted by atomic mass is 9.71. The topological polar surface area (TPSA) is 24.8 Å². The average molecular weight is 568 g/mol. The fraction of sp³-hybridized carbons (Fsp3) is 0.321. The molecule has 2 atom stereocenters. The number of aliphatic imine (C=N–C) groups is 1. The first-order valence-corrected chi connectivity index (χ1v) is 13.1. The molecule has 2 bridgehead atoms. The van der Waals surface area contributed by atoms with E-state index < -0.39 is 0 Å². The van der Waals surface area contributed by atoms with Crippen molar-refractivity contribution in [3.05, 3.63) is 98.4 Å². The van der Waals surface area contributed by atoms with E-state index >= 15 is 0 Å². The lowest BCUT2D eigenvalue weighted by Gasteiger charge is -2.52. The Morgan fingerprint density at radius 2 is 1.45 bits per heavy atom. The van der Waals surface area contributed by atoms with Gasteiger partial charge in [-0.05, 0) is 79.4 Å².